The van der Waals surface area contributed by atoms with E-state index in [2.05, 4.69) is 31.1 Å². The first-order valence-electron chi connectivity index (χ1n) is 9.43. The van der Waals surface area contributed by atoms with Crippen LogP contribution in [0.15, 0.2) is 4.90 Å². The molecule has 3 heterocycles. The topological polar surface area (TPSA) is 73.3 Å². The SMILES string of the molecule is CC[C@H](C)Nc1nc(N(C)CCC2CCOCC2)nc2c1[S+]([O-])CC2. The van der Waals surface area contributed by atoms with E-state index in [0.717, 1.165) is 80.1 Å². The Balaban J connectivity index is 1.73. The summed E-state index contributed by atoms with van der Waals surface area (Å²) in [6.45, 7) is 6.98. The van der Waals surface area contributed by atoms with Crippen molar-refractivity contribution in [3.05, 3.63) is 5.69 Å². The largest absolute Gasteiger partial charge is 0.611 e. The minimum Gasteiger partial charge on any atom is -0.611 e. The quantitative estimate of drug-likeness (QED) is 0.748. The smallest absolute Gasteiger partial charge is 0.227 e. The minimum absolute atomic E-state index is 0.303. The van der Waals surface area contributed by atoms with Gasteiger partial charge < -0.3 is 19.5 Å². The van der Waals surface area contributed by atoms with Crippen molar-refractivity contribution >= 4 is 22.9 Å². The summed E-state index contributed by atoms with van der Waals surface area (Å²) in [5, 5.41) is 3.44. The second-order valence-electron chi connectivity index (χ2n) is 7.17. The lowest BCUT2D eigenvalue weighted by molar-refractivity contribution is 0.0645. The standard InChI is InChI=1S/C18H30N4O2S/c1-4-13(2)19-17-16-15(8-12-25(16)23)20-18(21-17)22(3)9-5-14-6-10-24-11-7-14/h13-14H,4-12H2,1-3H3,(H,19,20,21)/t13-,25?/m0/s1. The lowest BCUT2D eigenvalue weighted by atomic mass is 9.96. The predicted molar refractivity (Wildman–Crippen MR) is 102 cm³/mol. The third-order valence-corrected chi connectivity index (χ3v) is 6.69. The molecular weight excluding hydrogens is 336 g/mol. The van der Waals surface area contributed by atoms with Crippen LogP contribution in [0, 0.1) is 5.92 Å². The van der Waals surface area contributed by atoms with E-state index in [1.54, 1.807) is 0 Å². The van der Waals surface area contributed by atoms with Gasteiger partial charge in [-0.3, -0.25) is 0 Å². The van der Waals surface area contributed by atoms with Crippen LogP contribution in [0.25, 0.3) is 0 Å². The van der Waals surface area contributed by atoms with Crippen molar-refractivity contribution in [2.45, 2.75) is 56.9 Å². The summed E-state index contributed by atoms with van der Waals surface area (Å²) >= 11 is -0.977. The summed E-state index contributed by atoms with van der Waals surface area (Å²) in [5.74, 6) is 2.91. The molecule has 0 radical (unpaired) electrons. The van der Waals surface area contributed by atoms with Gasteiger partial charge in [0.05, 0.1) is 0 Å². The number of rotatable bonds is 7. The highest BCUT2D eigenvalue weighted by atomic mass is 32.2. The number of ether oxygens (including phenoxy) is 1. The number of nitrogens with one attached hydrogen (secondary N) is 1. The summed E-state index contributed by atoms with van der Waals surface area (Å²) in [4.78, 5) is 12.4. The van der Waals surface area contributed by atoms with Crippen molar-refractivity contribution in [1.29, 1.82) is 0 Å². The average molecular weight is 367 g/mol. The fourth-order valence-electron chi connectivity index (χ4n) is 3.30. The van der Waals surface area contributed by atoms with Crippen molar-refractivity contribution < 1.29 is 9.29 Å². The van der Waals surface area contributed by atoms with Crippen molar-refractivity contribution in [3.8, 4) is 0 Å². The molecule has 25 heavy (non-hydrogen) atoms. The number of fused-ring (bicyclic) bond motifs is 1. The van der Waals surface area contributed by atoms with Gasteiger partial charge in [-0.25, -0.2) is 4.98 Å². The zero-order valence-electron chi connectivity index (χ0n) is 15.6. The first kappa shape index (κ1) is 18.7. The maximum absolute atomic E-state index is 12.3. The van der Waals surface area contributed by atoms with Crippen molar-refractivity contribution in [2.75, 3.05) is 42.8 Å². The average Bonchev–Trinajstić information content (AvgIpc) is 3.01. The Labute approximate surface area is 153 Å². The van der Waals surface area contributed by atoms with Crippen LogP contribution in [-0.4, -0.2) is 53.1 Å². The zero-order chi connectivity index (χ0) is 17.8. The molecule has 140 valence electrons. The van der Waals surface area contributed by atoms with Gasteiger partial charge in [-0.1, -0.05) is 6.92 Å². The van der Waals surface area contributed by atoms with E-state index in [4.69, 9.17) is 14.7 Å². The Hall–Kier alpha value is -1.05. The molecule has 1 unspecified atom stereocenters. The highest BCUT2D eigenvalue weighted by Crippen LogP contribution is 2.32. The van der Waals surface area contributed by atoms with Crippen LogP contribution in [0.5, 0.6) is 0 Å². The van der Waals surface area contributed by atoms with Crippen LogP contribution < -0.4 is 10.2 Å². The summed E-state index contributed by atoms with van der Waals surface area (Å²) in [7, 11) is 2.06. The molecule has 0 saturated carbocycles. The van der Waals surface area contributed by atoms with Gasteiger partial charge in [0.25, 0.3) is 0 Å². The molecule has 1 N–H and O–H groups in total. The Morgan fingerprint density at radius 3 is 2.84 bits per heavy atom. The summed E-state index contributed by atoms with van der Waals surface area (Å²) < 4.78 is 17.8. The molecule has 1 aromatic rings. The van der Waals surface area contributed by atoms with E-state index in [1.807, 2.05) is 0 Å². The Morgan fingerprint density at radius 2 is 2.12 bits per heavy atom. The van der Waals surface area contributed by atoms with Gasteiger partial charge in [0.1, 0.15) is 11.4 Å². The van der Waals surface area contributed by atoms with E-state index in [1.165, 1.54) is 0 Å². The molecule has 0 amide bonds. The molecule has 6 nitrogen and oxygen atoms in total. The molecule has 1 fully saturated rings. The third-order valence-electron chi connectivity index (χ3n) is 5.23. The van der Waals surface area contributed by atoms with Crippen molar-refractivity contribution in [3.63, 3.8) is 0 Å². The van der Waals surface area contributed by atoms with Crippen LogP contribution in [-0.2, 0) is 22.3 Å². The highest BCUT2D eigenvalue weighted by Gasteiger charge is 2.32. The van der Waals surface area contributed by atoms with Gasteiger partial charge in [-0.2, -0.15) is 4.98 Å². The first-order valence-corrected chi connectivity index (χ1v) is 10.7. The van der Waals surface area contributed by atoms with E-state index in [0.29, 0.717) is 11.8 Å². The van der Waals surface area contributed by atoms with Crippen molar-refractivity contribution in [2.24, 2.45) is 5.92 Å². The van der Waals surface area contributed by atoms with Crippen LogP contribution in [0.1, 0.15) is 45.2 Å². The fraction of sp³-hybridized carbons (Fsp3) is 0.778. The number of hydrogen-bond acceptors (Lipinski definition) is 6. The van der Waals surface area contributed by atoms with E-state index in [9.17, 15) is 4.55 Å². The molecule has 2 aliphatic rings. The number of aromatic nitrogens is 2. The third kappa shape index (κ3) is 4.57. The molecule has 0 aliphatic carbocycles. The summed E-state index contributed by atoms with van der Waals surface area (Å²) in [6, 6.07) is 0.303. The monoisotopic (exact) mass is 366 g/mol. The van der Waals surface area contributed by atoms with Crippen LogP contribution in [0.3, 0.4) is 0 Å². The Kier molecular flexibility index (Phi) is 6.41. The van der Waals surface area contributed by atoms with Gasteiger partial charge in [0, 0.05) is 39.3 Å². The van der Waals surface area contributed by atoms with Crippen molar-refractivity contribution in [1.82, 2.24) is 9.97 Å². The number of aryl methyl sites for hydroxylation is 1. The molecule has 2 atom stereocenters. The highest BCUT2D eigenvalue weighted by molar-refractivity contribution is 7.91. The van der Waals surface area contributed by atoms with Crippen LogP contribution >= 0.6 is 0 Å². The number of hydrogen-bond donors (Lipinski definition) is 1. The number of anilines is 2. The molecule has 0 aromatic carbocycles. The maximum atomic E-state index is 12.3. The molecule has 7 heteroatoms. The van der Waals surface area contributed by atoms with Gasteiger partial charge in [-0.05, 0) is 49.7 Å². The molecular formula is C18H30N4O2S. The molecule has 1 aromatic heterocycles. The Bertz CT molecular complexity index is 580. The lowest BCUT2D eigenvalue weighted by Crippen LogP contribution is -2.27. The molecule has 2 aliphatic heterocycles. The summed E-state index contributed by atoms with van der Waals surface area (Å²) in [5.41, 5.74) is 0.951. The van der Waals surface area contributed by atoms with E-state index in [-0.39, 0.29) is 0 Å². The molecule has 0 spiro atoms. The predicted octanol–water partition coefficient (Wildman–Crippen LogP) is 2.60. The van der Waals surface area contributed by atoms with Gasteiger partial charge in [0.15, 0.2) is 5.82 Å². The maximum Gasteiger partial charge on any atom is 0.227 e. The normalized spacial score (nSPS) is 21.8. The van der Waals surface area contributed by atoms with E-state index < -0.39 is 11.2 Å². The second kappa shape index (κ2) is 8.56. The lowest BCUT2D eigenvalue weighted by Gasteiger charge is -2.25. The van der Waals surface area contributed by atoms with Gasteiger partial charge in [-0.15, -0.1) is 0 Å². The zero-order valence-corrected chi connectivity index (χ0v) is 16.4. The second-order valence-corrected chi connectivity index (χ2v) is 8.67. The molecule has 1 saturated heterocycles. The fourth-order valence-corrected chi connectivity index (χ4v) is 4.61. The van der Waals surface area contributed by atoms with Crippen LogP contribution in [0.2, 0.25) is 0 Å². The minimum atomic E-state index is -0.977. The van der Waals surface area contributed by atoms with E-state index >= 15 is 0 Å². The first-order chi connectivity index (χ1) is 12.1. The van der Waals surface area contributed by atoms with Gasteiger partial charge in [0.2, 0.25) is 10.8 Å². The Morgan fingerprint density at radius 1 is 1.36 bits per heavy atom. The summed E-state index contributed by atoms with van der Waals surface area (Å²) in [6.07, 6.45) is 5.22. The van der Waals surface area contributed by atoms with Crippen LogP contribution in [0.4, 0.5) is 11.8 Å². The van der Waals surface area contributed by atoms with Gasteiger partial charge >= 0.3 is 0 Å². The molecule has 3 rings (SSSR count). The molecule has 0 bridgehead atoms. The number of nitrogens with zero attached hydrogens (tertiary/aromatic N) is 3.